The van der Waals surface area contributed by atoms with Gasteiger partial charge in [0.05, 0.1) is 0 Å². The van der Waals surface area contributed by atoms with Crippen molar-refractivity contribution >= 4 is 23.8 Å². The number of hydrogen-bond acceptors (Lipinski definition) is 5. The molecule has 0 aliphatic carbocycles. The molecule has 3 rings (SSSR count). The number of thioether (sulfide) groups is 1. The van der Waals surface area contributed by atoms with Gasteiger partial charge in [-0.25, -0.2) is 9.78 Å². The predicted octanol–water partition coefficient (Wildman–Crippen LogP) is 3.91. The van der Waals surface area contributed by atoms with Crippen LogP contribution in [0.4, 0.5) is 0 Å². The number of hydrogen-bond donors (Lipinski definition) is 2. The minimum absolute atomic E-state index is 0.111. The fraction of sp³-hybridized carbons (Fsp3) is 0.105. The molecule has 2 aromatic carbocycles. The van der Waals surface area contributed by atoms with Gasteiger partial charge in [0.1, 0.15) is 23.1 Å². The first-order valence-electron chi connectivity index (χ1n) is 7.89. The van der Waals surface area contributed by atoms with E-state index in [0.29, 0.717) is 28.9 Å². The Bertz CT molecular complexity index is 923. The summed E-state index contributed by atoms with van der Waals surface area (Å²) in [4.78, 5) is 15.9. The molecule has 0 spiro atoms. The first kappa shape index (κ1) is 17.8. The number of aryl methyl sites for hydroxylation is 1. The van der Waals surface area contributed by atoms with Crippen molar-refractivity contribution in [1.29, 1.82) is 0 Å². The highest BCUT2D eigenvalue weighted by Crippen LogP contribution is 2.29. The topological polar surface area (TPSA) is 88.1 Å². The van der Waals surface area contributed by atoms with Crippen molar-refractivity contribution in [2.75, 3.05) is 0 Å². The van der Waals surface area contributed by atoms with E-state index in [1.54, 1.807) is 13.0 Å². The summed E-state index contributed by atoms with van der Waals surface area (Å²) in [6, 6.07) is 17.1. The number of rotatable bonds is 7. The zero-order valence-corrected chi connectivity index (χ0v) is 14.9. The van der Waals surface area contributed by atoms with E-state index in [4.69, 9.17) is 4.74 Å². The third-order valence-electron chi connectivity index (χ3n) is 3.43. The van der Waals surface area contributed by atoms with E-state index in [9.17, 15) is 9.90 Å². The maximum Gasteiger partial charge on any atom is 0.342 e. The van der Waals surface area contributed by atoms with Crippen LogP contribution in [0.1, 0.15) is 17.0 Å². The van der Waals surface area contributed by atoms with Gasteiger partial charge in [-0.15, -0.1) is 5.10 Å². The molecule has 26 heavy (non-hydrogen) atoms. The van der Waals surface area contributed by atoms with E-state index in [-0.39, 0.29) is 4.91 Å². The maximum atomic E-state index is 11.6. The van der Waals surface area contributed by atoms with Crippen LogP contribution in [-0.2, 0) is 11.4 Å². The van der Waals surface area contributed by atoms with E-state index in [2.05, 4.69) is 15.2 Å². The van der Waals surface area contributed by atoms with E-state index >= 15 is 0 Å². The van der Waals surface area contributed by atoms with Crippen molar-refractivity contribution in [3.63, 3.8) is 0 Å². The van der Waals surface area contributed by atoms with Crippen molar-refractivity contribution in [3.05, 3.63) is 76.5 Å². The predicted molar refractivity (Wildman–Crippen MR) is 99.8 cm³/mol. The van der Waals surface area contributed by atoms with Crippen LogP contribution in [0.25, 0.3) is 6.08 Å². The van der Waals surface area contributed by atoms with Crippen LogP contribution in [0.2, 0.25) is 0 Å². The summed E-state index contributed by atoms with van der Waals surface area (Å²) in [6.07, 6.45) is 1.57. The fourth-order valence-corrected chi connectivity index (χ4v) is 2.95. The summed E-state index contributed by atoms with van der Waals surface area (Å²) < 4.78 is 5.87. The normalized spacial score (nSPS) is 11.3. The molecule has 2 N–H and O–H groups in total. The summed E-state index contributed by atoms with van der Waals surface area (Å²) in [6.45, 7) is 2.16. The number of H-pyrrole nitrogens is 1. The molecule has 1 heterocycles. The van der Waals surface area contributed by atoms with Gasteiger partial charge in [0.15, 0.2) is 0 Å². The molecule has 0 bridgehead atoms. The number of aromatic nitrogens is 3. The Morgan fingerprint density at radius 2 is 1.92 bits per heavy atom. The molecule has 132 valence electrons. The number of para-hydroxylation sites is 1. The summed E-state index contributed by atoms with van der Waals surface area (Å²) >= 11 is 0.988. The Balaban J connectivity index is 1.82. The zero-order valence-electron chi connectivity index (χ0n) is 14.0. The highest BCUT2D eigenvalue weighted by atomic mass is 32.2. The summed E-state index contributed by atoms with van der Waals surface area (Å²) in [5.41, 5.74) is 1.72. The molecule has 0 amide bonds. The van der Waals surface area contributed by atoms with Crippen molar-refractivity contribution in [3.8, 4) is 5.75 Å². The first-order chi connectivity index (χ1) is 12.6. The highest BCUT2D eigenvalue weighted by Gasteiger charge is 2.14. The van der Waals surface area contributed by atoms with Gasteiger partial charge in [-0.3, -0.25) is 5.10 Å². The molecule has 0 saturated carbocycles. The van der Waals surface area contributed by atoms with E-state index < -0.39 is 5.97 Å². The smallest absolute Gasteiger partial charge is 0.342 e. The van der Waals surface area contributed by atoms with Crippen LogP contribution in [0, 0.1) is 6.92 Å². The number of benzene rings is 2. The summed E-state index contributed by atoms with van der Waals surface area (Å²) in [7, 11) is 0. The molecule has 0 aliphatic heterocycles. The first-order valence-corrected chi connectivity index (χ1v) is 8.71. The van der Waals surface area contributed by atoms with Crippen LogP contribution >= 0.6 is 11.8 Å². The van der Waals surface area contributed by atoms with Crippen LogP contribution in [-0.4, -0.2) is 26.3 Å². The molecule has 3 aromatic rings. The minimum atomic E-state index is -1.05. The molecule has 0 atom stereocenters. The zero-order chi connectivity index (χ0) is 18.4. The van der Waals surface area contributed by atoms with Gasteiger partial charge in [-0.1, -0.05) is 48.5 Å². The standard InChI is InChI=1S/C19H17N3O3S/c1-13-20-19(22-21-13)26-17(18(23)24)11-15-9-5-6-10-16(15)25-12-14-7-3-2-4-8-14/h2-11H,12H2,1H3,(H,23,24)(H,20,21,22). The Morgan fingerprint density at radius 3 is 2.62 bits per heavy atom. The molecular weight excluding hydrogens is 350 g/mol. The SMILES string of the molecule is Cc1nc(SC(=Cc2ccccc2OCc2ccccc2)C(=O)O)n[nH]1. The quantitative estimate of drug-likeness (QED) is 0.486. The van der Waals surface area contributed by atoms with E-state index in [1.165, 1.54) is 0 Å². The van der Waals surface area contributed by atoms with Crippen molar-refractivity contribution in [1.82, 2.24) is 15.2 Å². The average molecular weight is 367 g/mol. The molecule has 6 nitrogen and oxygen atoms in total. The number of carboxylic acid groups (broad SMARTS) is 1. The number of aliphatic carboxylic acids is 1. The van der Waals surface area contributed by atoms with Gasteiger partial charge < -0.3 is 9.84 Å². The van der Waals surface area contributed by atoms with Crippen molar-refractivity contribution in [2.24, 2.45) is 0 Å². The maximum absolute atomic E-state index is 11.6. The molecule has 0 saturated heterocycles. The lowest BCUT2D eigenvalue weighted by Gasteiger charge is -2.10. The van der Waals surface area contributed by atoms with Crippen molar-refractivity contribution in [2.45, 2.75) is 18.7 Å². The van der Waals surface area contributed by atoms with E-state index in [1.807, 2.05) is 54.6 Å². The van der Waals surface area contributed by atoms with Gasteiger partial charge in [0, 0.05) is 5.56 Å². The molecular formula is C19H17N3O3S. The molecule has 0 unspecified atom stereocenters. The van der Waals surface area contributed by atoms with Gasteiger partial charge in [0.2, 0.25) is 5.16 Å². The largest absolute Gasteiger partial charge is 0.488 e. The van der Waals surface area contributed by atoms with Crippen molar-refractivity contribution < 1.29 is 14.6 Å². The van der Waals surface area contributed by atoms with Crippen LogP contribution in [0.5, 0.6) is 5.75 Å². The Kier molecular flexibility index (Phi) is 5.70. The number of aromatic amines is 1. The fourth-order valence-electron chi connectivity index (χ4n) is 2.21. The lowest BCUT2D eigenvalue weighted by Crippen LogP contribution is -1.99. The lowest BCUT2D eigenvalue weighted by atomic mass is 10.2. The van der Waals surface area contributed by atoms with Crippen LogP contribution in [0.15, 0.2) is 64.7 Å². The molecule has 0 fully saturated rings. The monoisotopic (exact) mass is 367 g/mol. The Labute approximate surface area is 154 Å². The number of carboxylic acids is 1. The second-order valence-corrected chi connectivity index (χ2v) is 6.44. The summed E-state index contributed by atoms with van der Waals surface area (Å²) in [5.74, 6) is 0.195. The lowest BCUT2D eigenvalue weighted by molar-refractivity contribution is -0.131. The average Bonchev–Trinajstić information content (AvgIpc) is 3.06. The minimum Gasteiger partial charge on any atom is -0.488 e. The molecule has 0 radical (unpaired) electrons. The second kappa shape index (κ2) is 8.35. The third-order valence-corrected chi connectivity index (χ3v) is 4.31. The Hall–Kier alpha value is -3.06. The van der Waals surface area contributed by atoms with Gasteiger partial charge in [-0.05, 0) is 36.4 Å². The summed E-state index contributed by atoms with van der Waals surface area (Å²) in [5, 5.41) is 16.5. The number of carbonyl (C=O) groups is 1. The number of nitrogens with zero attached hydrogens (tertiary/aromatic N) is 2. The van der Waals surface area contributed by atoms with Gasteiger partial charge in [0.25, 0.3) is 0 Å². The van der Waals surface area contributed by atoms with Crippen LogP contribution < -0.4 is 4.74 Å². The van der Waals surface area contributed by atoms with Gasteiger partial charge in [-0.2, -0.15) is 0 Å². The van der Waals surface area contributed by atoms with E-state index in [0.717, 1.165) is 17.3 Å². The number of ether oxygens (including phenoxy) is 1. The second-order valence-electron chi connectivity index (χ2n) is 5.43. The molecule has 1 aromatic heterocycles. The molecule has 7 heteroatoms. The Morgan fingerprint density at radius 1 is 1.19 bits per heavy atom. The van der Waals surface area contributed by atoms with Crippen LogP contribution in [0.3, 0.4) is 0 Å². The third kappa shape index (κ3) is 4.73. The number of nitrogens with one attached hydrogen (secondary N) is 1. The van der Waals surface area contributed by atoms with Gasteiger partial charge >= 0.3 is 5.97 Å². The highest BCUT2D eigenvalue weighted by molar-refractivity contribution is 8.04. The molecule has 0 aliphatic rings.